The van der Waals surface area contributed by atoms with Gasteiger partial charge in [-0.15, -0.1) is 0 Å². The Morgan fingerprint density at radius 2 is 1.95 bits per heavy atom. The summed E-state index contributed by atoms with van der Waals surface area (Å²) in [5.41, 5.74) is 7.54. The highest BCUT2D eigenvalue weighted by atomic mass is 16.3. The largest absolute Gasteiger partial charge is 0.459 e. The van der Waals surface area contributed by atoms with Crippen molar-refractivity contribution in [2.45, 2.75) is 51.1 Å². The van der Waals surface area contributed by atoms with Crippen molar-refractivity contribution in [2.75, 3.05) is 13.1 Å². The monoisotopic (exact) mass is 286 g/mol. The Morgan fingerprint density at radius 1 is 1.24 bits per heavy atom. The van der Waals surface area contributed by atoms with E-state index in [0.717, 1.165) is 36.2 Å². The lowest BCUT2D eigenvalue weighted by Gasteiger charge is -2.46. The van der Waals surface area contributed by atoms with Crippen LogP contribution >= 0.6 is 0 Å². The molecule has 0 bridgehead atoms. The van der Waals surface area contributed by atoms with Gasteiger partial charge in [0.2, 0.25) is 0 Å². The molecule has 114 valence electrons. The third kappa shape index (κ3) is 2.60. The second-order valence-corrected chi connectivity index (χ2v) is 6.42. The second-order valence-electron chi connectivity index (χ2n) is 6.42. The van der Waals surface area contributed by atoms with Crippen LogP contribution in [-0.4, -0.2) is 23.5 Å². The third-order valence-corrected chi connectivity index (χ3v) is 5.22. The van der Waals surface area contributed by atoms with Gasteiger partial charge in [0.15, 0.2) is 0 Å². The van der Waals surface area contributed by atoms with Crippen molar-refractivity contribution in [3.8, 4) is 0 Å². The minimum atomic E-state index is -0.0898. The minimum absolute atomic E-state index is 0.0334. The lowest BCUT2D eigenvalue weighted by molar-refractivity contribution is 0.0487. The van der Waals surface area contributed by atoms with E-state index in [2.05, 4.69) is 30.9 Å². The highest BCUT2D eigenvalue weighted by Crippen LogP contribution is 2.36. The first kappa shape index (κ1) is 14.6. The molecule has 2 heterocycles. The molecule has 1 aromatic carbocycles. The summed E-state index contributed by atoms with van der Waals surface area (Å²) in [6, 6.07) is 10.2. The molecule has 2 N–H and O–H groups in total. The maximum absolute atomic E-state index is 6.64. The summed E-state index contributed by atoms with van der Waals surface area (Å²) < 4.78 is 6.02. The molecule has 21 heavy (non-hydrogen) atoms. The lowest BCUT2D eigenvalue weighted by atomic mass is 9.84. The predicted molar refractivity (Wildman–Crippen MR) is 87.3 cm³/mol. The number of rotatable bonds is 4. The van der Waals surface area contributed by atoms with Gasteiger partial charge in [-0.05, 0) is 51.4 Å². The van der Waals surface area contributed by atoms with E-state index >= 15 is 0 Å². The Hall–Kier alpha value is -1.32. The normalized spacial score (nSPS) is 21.3. The van der Waals surface area contributed by atoms with E-state index in [1.54, 1.807) is 0 Å². The molecule has 2 aromatic rings. The van der Waals surface area contributed by atoms with Crippen molar-refractivity contribution in [1.82, 2.24) is 4.90 Å². The topological polar surface area (TPSA) is 42.4 Å². The first-order valence-electron chi connectivity index (χ1n) is 8.14. The van der Waals surface area contributed by atoms with Gasteiger partial charge in [-0.25, -0.2) is 0 Å². The number of fused-ring (bicyclic) bond motifs is 1. The van der Waals surface area contributed by atoms with E-state index in [4.69, 9.17) is 10.2 Å². The fourth-order valence-electron chi connectivity index (χ4n) is 3.51. The molecule has 1 aromatic heterocycles. The smallest absolute Gasteiger partial charge is 0.134 e. The molecule has 1 fully saturated rings. The Labute approximate surface area is 127 Å². The highest BCUT2D eigenvalue weighted by molar-refractivity contribution is 5.77. The summed E-state index contributed by atoms with van der Waals surface area (Å²) in [6.45, 7) is 6.82. The zero-order valence-electron chi connectivity index (χ0n) is 13.1. The van der Waals surface area contributed by atoms with Crippen LogP contribution in [0.15, 0.2) is 34.7 Å². The summed E-state index contributed by atoms with van der Waals surface area (Å²) >= 11 is 0. The van der Waals surface area contributed by atoms with Crippen molar-refractivity contribution >= 4 is 11.0 Å². The van der Waals surface area contributed by atoms with Gasteiger partial charge in [0.05, 0.1) is 6.04 Å². The number of likely N-dealkylation sites (tertiary alicyclic amines) is 1. The molecular weight excluding hydrogens is 260 g/mol. The second kappa shape index (κ2) is 5.82. The summed E-state index contributed by atoms with van der Waals surface area (Å²) in [5, 5.41) is 1.14. The SMILES string of the molecule is CCC(C)(C(N)c1cc2ccccc2o1)N1CCCCC1. The van der Waals surface area contributed by atoms with Gasteiger partial charge in [-0.2, -0.15) is 0 Å². The van der Waals surface area contributed by atoms with E-state index in [1.165, 1.54) is 19.3 Å². The average molecular weight is 286 g/mol. The summed E-state index contributed by atoms with van der Waals surface area (Å²) in [7, 11) is 0. The summed E-state index contributed by atoms with van der Waals surface area (Å²) in [5.74, 6) is 0.908. The van der Waals surface area contributed by atoms with Crippen LogP contribution in [0.1, 0.15) is 51.3 Å². The van der Waals surface area contributed by atoms with E-state index in [9.17, 15) is 0 Å². The third-order valence-electron chi connectivity index (χ3n) is 5.22. The molecule has 3 rings (SSSR count). The van der Waals surface area contributed by atoms with Crippen molar-refractivity contribution in [3.05, 3.63) is 36.1 Å². The van der Waals surface area contributed by atoms with Gasteiger partial charge in [0, 0.05) is 10.9 Å². The maximum Gasteiger partial charge on any atom is 0.134 e. The van der Waals surface area contributed by atoms with Gasteiger partial charge in [-0.1, -0.05) is 31.5 Å². The van der Waals surface area contributed by atoms with Crippen LogP contribution < -0.4 is 5.73 Å². The fraction of sp³-hybridized carbons (Fsp3) is 0.556. The molecule has 2 unspecified atom stereocenters. The number of benzene rings is 1. The number of piperidine rings is 1. The minimum Gasteiger partial charge on any atom is -0.459 e. The van der Waals surface area contributed by atoms with Gasteiger partial charge in [-0.3, -0.25) is 4.90 Å². The van der Waals surface area contributed by atoms with Crippen LogP contribution in [0.5, 0.6) is 0 Å². The quantitative estimate of drug-likeness (QED) is 0.920. The summed E-state index contributed by atoms with van der Waals surface area (Å²) in [6.07, 6.45) is 4.94. The first-order chi connectivity index (χ1) is 10.1. The molecule has 2 atom stereocenters. The van der Waals surface area contributed by atoms with Gasteiger partial charge < -0.3 is 10.2 Å². The molecule has 1 saturated heterocycles. The van der Waals surface area contributed by atoms with Crippen LogP contribution in [-0.2, 0) is 0 Å². The molecule has 1 aliphatic rings. The Bertz CT molecular complexity index is 567. The van der Waals surface area contributed by atoms with Crippen molar-refractivity contribution in [1.29, 1.82) is 0 Å². The lowest BCUT2D eigenvalue weighted by Crippen LogP contribution is -2.54. The average Bonchev–Trinajstić information content (AvgIpc) is 2.98. The van der Waals surface area contributed by atoms with Crippen LogP contribution in [0, 0.1) is 0 Å². The molecule has 0 saturated carbocycles. The van der Waals surface area contributed by atoms with Crippen LogP contribution in [0.2, 0.25) is 0 Å². The molecule has 1 aliphatic heterocycles. The number of para-hydroxylation sites is 1. The van der Waals surface area contributed by atoms with Crippen molar-refractivity contribution in [3.63, 3.8) is 0 Å². The fourth-order valence-corrected chi connectivity index (χ4v) is 3.51. The van der Waals surface area contributed by atoms with Gasteiger partial charge in [0.25, 0.3) is 0 Å². The number of nitrogens with two attached hydrogens (primary N) is 1. The number of hydrogen-bond donors (Lipinski definition) is 1. The molecular formula is C18H26N2O. The van der Waals surface area contributed by atoms with Crippen LogP contribution in [0.3, 0.4) is 0 Å². The summed E-state index contributed by atoms with van der Waals surface area (Å²) in [4.78, 5) is 2.56. The number of nitrogens with zero attached hydrogens (tertiary/aromatic N) is 1. The van der Waals surface area contributed by atoms with Crippen molar-refractivity contribution < 1.29 is 4.42 Å². The van der Waals surface area contributed by atoms with Gasteiger partial charge >= 0.3 is 0 Å². The molecule has 3 heteroatoms. The van der Waals surface area contributed by atoms with E-state index in [1.807, 2.05) is 18.2 Å². The first-order valence-corrected chi connectivity index (χ1v) is 8.14. The molecule has 3 nitrogen and oxygen atoms in total. The number of hydrogen-bond acceptors (Lipinski definition) is 3. The van der Waals surface area contributed by atoms with E-state index in [0.29, 0.717) is 0 Å². The van der Waals surface area contributed by atoms with Crippen molar-refractivity contribution in [2.24, 2.45) is 5.73 Å². The molecule has 0 spiro atoms. The van der Waals surface area contributed by atoms with E-state index < -0.39 is 0 Å². The zero-order valence-corrected chi connectivity index (χ0v) is 13.1. The zero-order chi connectivity index (χ0) is 14.9. The Kier molecular flexibility index (Phi) is 4.05. The standard InChI is InChI=1S/C18H26N2O/c1-3-18(2,20-11-7-4-8-12-20)17(19)16-13-14-9-5-6-10-15(14)21-16/h5-6,9-10,13,17H,3-4,7-8,11-12,19H2,1-2H3. The van der Waals surface area contributed by atoms with Crippen LogP contribution in [0.25, 0.3) is 11.0 Å². The Balaban J connectivity index is 1.91. The molecule has 0 radical (unpaired) electrons. The highest BCUT2D eigenvalue weighted by Gasteiger charge is 2.39. The predicted octanol–water partition coefficient (Wildman–Crippen LogP) is 4.09. The maximum atomic E-state index is 6.64. The van der Waals surface area contributed by atoms with Gasteiger partial charge in [0.1, 0.15) is 11.3 Å². The Morgan fingerprint density at radius 3 is 2.62 bits per heavy atom. The van der Waals surface area contributed by atoms with Crippen LogP contribution in [0.4, 0.5) is 0 Å². The number of furan rings is 1. The molecule has 0 aliphatic carbocycles. The molecule has 0 amide bonds. The van der Waals surface area contributed by atoms with E-state index in [-0.39, 0.29) is 11.6 Å².